The van der Waals surface area contributed by atoms with E-state index in [4.69, 9.17) is 4.43 Å². The van der Waals surface area contributed by atoms with Gasteiger partial charge < -0.3 is 4.43 Å². The molecule has 0 aromatic carbocycles. The molecule has 1 aliphatic heterocycles. The summed E-state index contributed by atoms with van der Waals surface area (Å²) in [5.41, 5.74) is 0. The lowest BCUT2D eigenvalue weighted by molar-refractivity contribution is 0.366. The molecule has 1 unspecified atom stereocenters. The monoisotopic (exact) mass is 176 g/mol. The van der Waals surface area contributed by atoms with Crippen LogP contribution in [0, 0.1) is 0 Å². The first-order chi connectivity index (χ1) is 4.43. The fraction of sp³-hybridized carbons (Fsp3) is 1.00. The maximum absolute atomic E-state index is 5.48. The standard InChI is InChI=1S/C5H16OSi3/c1-2-4-9-5-3-6-7-8-9/h9H,2-5,7-8H2,1H3. The number of hydrogen-bond donors (Lipinski definition) is 0. The van der Waals surface area contributed by atoms with Crippen molar-refractivity contribution in [2.24, 2.45) is 0 Å². The van der Waals surface area contributed by atoms with E-state index in [1.807, 2.05) is 0 Å². The van der Waals surface area contributed by atoms with Gasteiger partial charge in [0.05, 0.1) is 0 Å². The summed E-state index contributed by atoms with van der Waals surface area (Å²) in [5.74, 6) is 0. The molecule has 54 valence electrons. The minimum Gasteiger partial charge on any atom is -0.428 e. The molecule has 0 aromatic rings. The second-order valence-corrected chi connectivity index (χ2v) is 18.7. The van der Waals surface area contributed by atoms with Gasteiger partial charge in [0.25, 0.3) is 0 Å². The SMILES string of the molecule is CCC[SiH]1CCO[SiH2][SiH2]1. The first-order valence-electron chi connectivity index (χ1n) is 4.01. The minimum absolute atomic E-state index is 0.0505. The van der Waals surface area contributed by atoms with E-state index < -0.39 is 0 Å². The van der Waals surface area contributed by atoms with Gasteiger partial charge in [-0.05, 0) is 6.04 Å². The normalized spacial score (nSPS) is 33.7. The van der Waals surface area contributed by atoms with Crippen molar-refractivity contribution in [2.45, 2.75) is 25.4 Å². The van der Waals surface area contributed by atoms with Gasteiger partial charge in [-0.2, -0.15) is 0 Å². The van der Waals surface area contributed by atoms with Crippen molar-refractivity contribution in [3.05, 3.63) is 0 Å². The van der Waals surface area contributed by atoms with Crippen molar-refractivity contribution >= 4 is 26.1 Å². The largest absolute Gasteiger partial charge is 0.428 e. The summed E-state index contributed by atoms with van der Waals surface area (Å²) in [4.78, 5) is 0. The first kappa shape index (κ1) is 7.71. The van der Waals surface area contributed by atoms with Gasteiger partial charge in [0.15, 0.2) is 0 Å². The van der Waals surface area contributed by atoms with Crippen LogP contribution in [-0.4, -0.2) is 32.8 Å². The second kappa shape index (κ2) is 4.43. The highest BCUT2D eigenvalue weighted by Gasteiger charge is 2.14. The van der Waals surface area contributed by atoms with Crippen LogP contribution in [0.2, 0.25) is 12.1 Å². The fourth-order valence-corrected chi connectivity index (χ4v) is 20.1. The quantitative estimate of drug-likeness (QED) is 0.507. The predicted octanol–water partition coefficient (Wildman–Crippen LogP) is -0.682. The molecular weight excluding hydrogens is 160 g/mol. The smallest absolute Gasteiger partial charge is 0.140 e. The van der Waals surface area contributed by atoms with E-state index in [9.17, 15) is 0 Å². The Morgan fingerprint density at radius 2 is 2.56 bits per heavy atom. The van der Waals surface area contributed by atoms with E-state index in [2.05, 4.69) is 6.92 Å². The average molecular weight is 176 g/mol. The van der Waals surface area contributed by atoms with Gasteiger partial charge in [-0.15, -0.1) is 0 Å². The molecule has 0 spiro atoms. The van der Waals surface area contributed by atoms with Gasteiger partial charge in [0.2, 0.25) is 0 Å². The molecule has 0 radical (unpaired) electrons. The molecule has 1 fully saturated rings. The Labute approximate surface area is 63.1 Å². The van der Waals surface area contributed by atoms with Crippen molar-refractivity contribution in [3.63, 3.8) is 0 Å². The Morgan fingerprint density at radius 3 is 3.11 bits per heavy atom. The Bertz CT molecular complexity index is 69.8. The van der Waals surface area contributed by atoms with Crippen LogP contribution in [0.5, 0.6) is 0 Å². The molecule has 0 N–H and O–H groups in total. The van der Waals surface area contributed by atoms with E-state index in [-0.39, 0.29) is 17.6 Å². The number of hydrogen-bond acceptors (Lipinski definition) is 1. The highest BCUT2D eigenvalue weighted by Crippen LogP contribution is 2.04. The second-order valence-electron chi connectivity index (χ2n) is 2.84. The predicted molar refractivity (Wildman–Crippen MR) is 50.1 cm³/mol. The van der Waals surface area contributed by atoms with Crippen LogP contribution in [0.3, 0.4) is 0 Å². The van der Waals surface area contributed by atoms with Gasteiger partial charge in [-0.25, -0.2) is 0 Å². The molecular formula is C5H16OSi3. The average Bonchev–Trinajstić information content (AvgIpc) is 1.91. The first-order valence-corrected chi connectivity index (χ1v) is 13.5. The van der Waals surface area contributed by atoms with Crippen LogP contribution in [-0.2, 0) is 4.43 Å². The third-order valence-electron chi connectivity index (χ3n) is 2.04. The fourth-order valence-electron chi connectivity index (χ4n) is 1.44. The summed E-state index contributed by atoms with van der Waals surface area (Å²) >= 11 is 0. The van der Waals surface area contributed by atoms with E-state index in [1.165, 1.54) is 12.5 Å². The van der Waals surface area contributed by atoms with Crippen LogP contribution in [0.25, 0.3) is 0 Å². The molecule has 1 rings (SSSR count). The maximum atomic E-state index is 5.48. The Hall–Kier alpha value is 0.611. The molecule has 1 aliphatic rings. The van der Waals surface area contributed by atoms with E-state index >= 15 is 0 Å². The Balaban J connectivity index is 2.08. The summed E-state index contributed by atoms with van der Waals surface area (Å²) in [6, 6.07) is 3.18. The Kier molecular flexibility index (Phi) is 3.80. The highest BCUT2D eigenvalue weighted by molar-refractivity contribution is 7.35. The maximum Gasteiger partial charge on any atom is 0.140 e. The lowest BCUT2D eigenvalue weighted by Gasteiger charge is -2.18. The van der Waals surface area contributed by atoms with E-state index in [0.29, 0.717) is 8.55 Å². The molecule has 0 saturated carbocycles. The topological polar surface area (TPSA) is 9.23 Å². The van der Waals surface area contributed by atoms with Crippen molar-refractivity contribution < 1.29 is 4.43 Å². The zero-order valence-corrected chi connectivity index (χ0v) is 10.2. The van der Waals surface area contributed by atoms with Gasteiger partial charge >= 0.3 is 0 Å². The van der Waals surface area contributed by atoms with Crippen LogP contribution in [0.15, 0.2) is 0 Å². The molecule has 0 amide bonds. The van der Waals surface area contributed by atoms with Crippen LogP contribution >= 0.6 is 0 Å². The molecule has 9 heavy (non-hydrogen) atoms. The molecule has 1 atom stereocenters. The van der Waals surface area contributed by atoms with Gasteiger partial charge in [-0.3, -0.25) is 0 Å². The molecule has 0 aromatic heterocycles. The summed E-state index contributed by atoms with van der Waals surface area (Å²) < 4.78 is 5.48. The molecule has 1 saturated heterocycles. The summed E-state index contributed by atoms with van der Waals surface area (Å²) in [6.07, 6.45) is 1.46. The Morgan fingerprint density at radius 1 is 1.67 bits per heavy atom. The third kappa shape index (κ3) is 2.79. The van der Waals surface area contributed by atoms with E-state index in [1.54, 1.807) is 6.04 Å². The third-order valence-corrected chi connectivity index (χ3v) is 22.1. The minimum atomic E-state index is -0.0505. The summed E-state index contributed by atoms with van der Waals surface area (Å²) in [7, 11) is 0.558. The lowest BCUT2D eigenvalue weighted by Crippen LogP contribution is -2.34. The molecule has 0 bridgehead atoms. The van der Waals surface area contributed by atoms with Gasteiger partial charge in [0.1, 0.15) is 9.28 Å². The van der Waals surface area contributed by atoms with Crippen LogP contribution < -0.4 is 0 Å². The molecule has 0 aliphatic carbocycles. The van der Waals surface area contributed by atoms with Gasteiger partial charge in [-0.1, -0.05) is 19.4 Å². The molecule has 4 heteroatoms. The van der Waals surface area contributed by atoms with Crippen molar-refractivity contribution in [1.29, 1.82) is 0 Å². The van der Waals surface area contributed by atoms with Gasteiger partial charge in [0, 0.05) is 23.5 Å². The van der Waals surface area contributed by atoms with Crippen molar-refractivity contribution in [2.75, 3.05) is 6.61 Å². The zero-order valence-electron chi connectivity index (χ0n) is 6.23. The molecule has 1 nitrogen and oxygen atoms in total. The summed E-state index contributed by atoms with van der Waals surface area (Å²) in [5, 5.41) is 0. The molecule has 1 heterocycles. The summed E-state index contributed by atoms with van der Waals surface area (Å²) in [6.45, 7) is 3.49. The lowest BCUT2D eigenvalue weighted by atomic mass is 10.6. The zero-order chi connectivity index (χ0) is 6.53. The van der Waals surface area contributed by atoms with E-state index in [0.717, 1.165) is 6.61 Å². The van der Waals surface area contributed by atoms with Crippen LogP contribution in [0.1, 0.15) is 13.3 Å². The van der Waals surface area contributed by atoms with Crippen molar-refractivity contribution in [3.8, 4) is 0 Å². The number of rotatable bonds is 2. The highest BCUT2D eigenvalue weighted by atomic mass is 29.5. The van der Waals surface area contributed by atoms with Crippen LogP contribution in [0.4, 0.5) is 0 Å². The van der Waals surface area contributed by atoms with Crippen molar-refractivity contribution in [1.82, 2.24) is 0 Å².